The molecule has 0 fully saturated rings. The second kappa shape index (κ2) is 7.53. The van der Waals surface area contributed by atoms with Crippen molar-refractivity contribution in [3.05, 3.63) is 58.4 Å². The van der Waals surface area contributed by atoms with Crippen LogP contribution >= 0.6 is 12.2 Å². The minimum Gasteiger partial charge on any atom is -0.497 e. The second-order valence-corrected chi connectivity index (χ2v) is 6.48. The van der Waals surface area contributed by atoms with Gasteiger partial charge in [-0.25, -0.2) is 0 Å². The van der Waals surface area contributed by atoms with Gasteiger partial charge in [-0.15, -0.1) is 0 Å². The van der Waals surface area contributed by atoms with E-state index < -0.39 is 0 Å². The molecule has 3 rings (SSSR count). The molecule has 0 saturated carbocycles. The highest BCUT2D eigenvalue weighted by molar-refractivity contribution is 7.71. The van der Waals surface area contributed by atoms with Crippen LogP contribution in [0, 0.1) is 18.6 Å². The fourth-order valence-electron chi connectivity index (χ4n) is 2.82. The summed E-state index contributed by atoms with van der Waals surface area (Å²) in [6, 6.07) is 13.4. The monoisotopic (exact) mass is 368 g/mol. The Labute approximate surface area is 156 Å². The topological polar surface area (TPSA) is 71.9 Å². The summed E-state index contributed by atoms with van der Waals surface area (Å²) in [6.45, 7) is 4.07. The normalized spacial score (nSPS) is 10.6. The van der Waals surface area contributed by atoms with Crippen molar-refractivity contribution in [2.75, 3.05) is 12.4 Å². The highest BCUT2D eigenvalue weighted by Gasteiger charge is 2.13. The van der Waals surface area contributed by atoms with Gasteiger partial charge in [-0.3, -0.25) is 14.5 Å². The Morgan fingerprint density at radius 2 is 1.85 bits per heavy atom. The number of aryl methyl sites for hydroxylation is 2. The molecule has 2 aromatic carbocycles. The molecule has 134 valence electrons. The summed E-state index contributed by atoms with van der Waals surface area (Å²) in [5.41, 5.74) is 3.81. The van der Waals surface area contributed by atoms with Crippen LogP contribution in [-0.4, -0.2) is 27.8 Å². The molecule has 1 aromatic heterocycles. The van der Waals surface area contributed by atoms with E-state index in [4.69, 9.17) is 17.0 Å². The maximum atomic E-state index is 12.5. The summed E-state index contributed by atoms with van der Waals surface area (Å²) in [6.07, 6.45) is 0. The number of rotatable bonds is 5. The van der Waals surface area contributed by atoms with E-state index in [1.54, 1.807) is 11.7 Å². The Hall–Kier alpha value is -2.93. The quantitative estimate of drug-likeness (QED) is 0.671. The summed E-state index contributed by atoms with van der Waals surface area (Å²) >= 11 is 5.29. The van der Waals surface area contributed by atoms with Crippen molar-refractivity contribution in [1.82, 2.24) is 14.8 Å². The first-order chi connectivity index (χ1) is 12.5. The fourth-order valence-corrected chi connectivity index (χ4v) is 3.01. The number of carbonyl (C=O) groups is 1. The average Bonchev–Trinajstić information content (AvgIpc) is 2.94. The predicted octanol–water partition coefficient (Wildman–Crippen LogP) is 3.87. The van der Waals surface area contributed by atoms with Crippen LogP contribution in [-0.2, 0) is 11.3 Å². The summed E-state index contributed by atoms with van der Waals surface area (Å²) in [4.78, 5) is 12.5. The summed E-state index contributed by atoms with van der Waals surface area (Å²) < 4.78 is 7.24. The van der Waals surface area contributed by atoms with Gasteiger partial charge in [-0.05, 0) is 73.6 Å². The predicted molar refractivity (Wildman–Crippen MR) is 104 cm³/mol. The lowest BCUT2D eigenvalue weighted by Crippen LogP contribution is -2.19. The van der Waals surface area contributed by atoms with Crippen molar-refractivity contribution in [3.63, 3.8) is 0 Å². The van der Waals surface area contributed by atoms with Crippen molar-refractivity contribution >= 4 is 23.8 Å². The Morgan fingerprint density at radius 1 is 1.19 bits per heavy atom. The van der Waals surface area contributed by atoms with Crippen LogP contribution in [0.25, 0.3) is 11.4 Å². The smallest absolute Gasteiger partial charge is 0.244 e. The number of aromatic nitrogens is 3. The summed E-state index contributed by atoms with van der Waals surface area (Å²) in [5, 5.41) is 9.93. The summed E-state index contributed by atoms with van der Waals surface area (Å²) in [5.74, 6) is 1.19. The lowest BCUT2D eigenvalue weighted by atomic mass is 10.1. The Kier molecular flexibility index (Phi) is 5.18. The third kappa shape index (κ3) is 4.00. The number of hydrogen-bond acceptors (Lipinski definition) is 4. The molecule has 1 heterocycles. The van der Waals surface area contributed by atoms with E-state index in [1.807, 2.05) is 50.2 Å². The number of anilines is 1. The number of ether oxygens (including phenoxy) is 1. The molecule has 0 aliphatic heterocycles. The van der Waals surface area contributed by atoms with Crippen LogP contribution in [0.2, 0.25) is 0 Å². The number of nitrogens with one attached hydrogen (secondary N) is 2. The maximum Gasteiger partial charge on any atom is 0.244 e. The molecule has 6 nitrogen and oxygen atoms in total. The molecule has 0 spiro atoms. The van der Waals surface area contributed by atoms with E-state index in [0.29, 0.717) is 10.6 Å². The first-order valence-corrected chi connectivity index (χ1v) is 8.55. The zero-order chi connectivity index (χ0) is 18.7. The number of nitrogens with zero attached hydrogens (tertiary/aromatic N) is 2. The Bertz CT molecular complexity index is 969. The molecule has 0 unspecified atom stereocenters. The number of aromatic amines is 1. The van der Waals surface area contributed by atoms with Crippen LogP contribution in [0.1, 0.15) is 11.1 Å². The van der Waals surface area contributed by atoms with Gasteiger partial charge in [0, 0.05) is 11.3 Å². The molecule has 7 heteroatoms. The standard InChI is InChI=1S/C19H20N4O2S/c1-12-8-13(2)10-15(9-12)20-17(24)11-23-18(21-22-19(23)26)14-4-6-16(25-3)7-5-14/h4-10H,11H2,1-3H3,(H,20,24)(H,22,26). The fraction of sp³-hybridized carbons (Fsp3) is 0.211. The lowest BCUT2D eigenvalue weighted by Gasteiger charge is -2.10. The molecule has 3 aromatic rings. The molecule has 1 amide bonds. The minimum atomic E-state index is -0.165. The SMILES string of the molecule is COc1ccc(-c2n[nH]c(=S)n2CC(=O)Nc2cc(C)cc(C)c2)cc1. The minimum absolute atomic E-state index is 0.0731. The average molecular weight is 368 g/mol. The Morgan fingerprint density at radius 3 is 2.46 bits per heavy atom. The van der Waals surface area contributed by atoms with Crippen LogP contribution in [0.5, 0.6) is 5.75 Å². The van der Waals surface area contributed by atoms with Crippen molar-refractivity contribution < 1.29 is 9.53 Å². The van der Waals surface area contributed by atoms with Crippen LogP contribution in [0.3, 0.4) is 0 Å². The molecular weight excluding hydrogens is 348 g/mol. The van der Waals surface area contributed by atoms with Crippen LogP contribution in [0.4, 0.5) is 5.69 Å². The zero-order valence-electron chi connectivity index (χ0n) is 14.9. The molecule has 0 bridgehead atoms. The van der Waals surface area contributed by atoms with Crippen LogP contribution in [0.15, 0.2) is 42.5 Å². The van der Waals surface area contributed by atoms with Crippen molar-refractivity contribution in [2.24, 2.45) is 0 Å². The van der Waals surface area contributed by atoms with Gasteiger partial charge in [0.2, 0.25) is 5.91 Å². The van der Waals surface area contributed by atoms with Gasteiger partial charge < -0.3 is 10.1 Å². The molecular formula is C19H20N4O2S. The van der Waals surface area contributed by atoms with E-state index in [2.05, 4.69) is 21.6 Å². The number of H-pyrrole nitrogens is 1. The van der Waals surface area contributed by atoms with E-state index in [1.165, 1.54) is 0 Å². The van der Waals surface area contributed by atoms with Crippen LogP contribution < -0.4 is 10.1 Å². The van der Waals surface area contributed by atoms with Gasteiger partial charge in [0.05, 0.1) is 7.11 Å². The van der Waals surface area contributed by atoms with Crippen molar-refractivity contribution in [3.8, 4) is 17.1 Å². The maximum absolute atomic E-state index is 12.5. The molecule has 26 heavy (non-hydrogen) atoms. The lowest BCUT2D eigenvalue weighted by molar-refractivity contribution is -0.116. The number of hydrogen-bond donors (Lipinski definition) is 2. The largest absolute Gasteiger partial charge is 0.497 e. The first-order valence-electron chi connectivity index (χ1n) is 8.14. The van der Waals surface area contributed by atoms with Gasteiger partial charge in [0.15, 0.2) is 10.6 Å². The van der Waals surface area contributed by atoms with E-state index >= 15 is 0 Å². The molecule has 0 aliphatic carbocycles. The van der Waals surface area contributed by atoms with Gasteiger partial charge in [0.25, 0.3) is 0 Å². The van der Waals surface area contributed by atoms with Gasteiger partial charge in [-0.1, -0.05) is 6.07 Å². The summed E-state index contributed by atoms with van der Waals surface area (Å²) in [7, 11) is 1.61. The van der Waals surface area contributed by atoms with Crippen molar-refractivity contribution in [1.29, 1.82) is 0 Å². The van der Waals surface area contributed by atoms with E-state index in [-0.39, 0.29) is 12.5 Å². The molecule has 0 aliphatic rings. The van der Waals surface area contributed by atoms with Gasteiger partial charge in [0.1, 0.15) is 12.3 Å². The number of methoxy groups -OCH3 is 1. The molecule has 0 radical (unpaired) electrons. The zero-order valence-corrected chi connectivity index (χ0v) is 15.7. The van der Waals surface area contributed by atoms with Gasteiger partial charge in [-0.2, -0.15) is 5.10 Å². The third-order valence-electron chi connectivity index (χ3n) is 3.91. The highest BCUT2D eigenvalue weighted by Crippen LogP contribution is 2.21. The van der Waals surface area contributed by atoms with Crippen molar-refractivity contribution in [2.45, 2.75) is 20.4 Å². The van der Waals surface area contributed by atoms with Gasteiger partial charge >= 0.3 is 0 Å². The second-order valence-electron chi connectivity index (χ2n) is 6.09. The number of amides is 1. The Balaban J connectivity index is 1.82. The highest BCUT2D eigenvalue weighted by atomic mass is 32.1. The first kappa shape index (κ1) is 17.9. The molecule has 0 atom stereocenters. The van der Waals surface area contributed by atoms with E-state index in [9.17, 15) is 4.79 Å². The number of carbonyl (C=O) groups excluding carboxylic acids is 1. The van der Waals surface area contributed by atoms with E-state index in [0.717, 1.165) is 28.1 Å². The number of benzene rings is 2. The molecule has 0 saturated heterocycles. The molecule has 2 N–H and O–H groups in total. The third-order valence-corrected chi connectivity index (χ3v) is 4.23.